The smallest absolute Gasteiger partial charge is 0.358 e. The molecule has 0 radical (unpaired) electrons. The molecule has 0 aliphatic heterocycles. The molecule has 8 nitrogen and oxygen atoms in total. The Labute approximate surface area is 130 Å². The standard InChI is InChI=1S/C14H15FN4O4/c1-23-12(9-2-4-10(15)5-3-9)6-16-13(20)8-19-7-11(14(21)22)17-18-19/h2-5,7,12H,6,8H2,1H3,(H,16,20)(H,21,22). The lowest BCUT2D eigenvalue weighted by Crippen LogP contribution is -2.32. The molecule has 2 aromatic rings. The number of carbonyl (C=O) groups is 2. The zero-order chi connectivity index (χ0) is 16.8. The predicted octanol–water partition coefficient (Wildman–Crippen LogP) is 0.619. The molecule has 2 rings (SSSR count). The van der Waals surface area contributed by atoms with Crippen LogP contribution >= 0.6 is 0 Å². The van der Waals surface area contributed by atoms with Gasteiger partial charge in [-0.1, -0.05) is 17.3 Å². The number of aromatic carboxylic acids is 1. The van der Waals surface area contributed by atoms with Crippen molar-refractivity contribution < 1.29 is 23.8 Å². The van der Waals surface area contributed by atoms with Gasteiger partial charge in [0.2, 0.25) is 5.91 Å². The monoisotopic (exact) mass is 322 g/mol. The van der Waals surface area contributed by atoms with Gasteiger partial charge in [0.05, 0.1) is 12.3 Å². The van der Waals surface area contributed by atoms with E-state index in [2.05, 4.69) is 15.6 Å². The minimum absolute atomic E-state index is 0.167. The molecule has 1 heterocycles. The predicted molar refractivity (Wildman–Crippen MR) is 76.1 cm³/mol. The number of halogens is 1. The minimum atomic E-state index is -1.22. The van der Waals surface area contributed by atoms with Gasteiger partial charge < -0.3 is 15.2 Å². The van der Waals surface area contributed by atoms with Gasteiger partial charge in [-0.25, -0.2) is 13.9 Å². The largest absolute Gasteiger partial charge is 0.476 e. The maximum atomic E-state index is 12.9. The number of carboxylic acids is 1. The third-order valence-corrected chi connectivity index (χ3v) is 3.07. The van der Waals surface area contributed by atoms with Crippen LogP contribution in [-0.2, 0) is 16.1 Å². The molecule has 1 unspecified atom stereocenters. The Balaban J connectivity index is 1.89. The SMILES string of the molecule is COC(CNC(=O)Cn1cc(C(=O)O)nn1)c1ccc(F)cc1. The van der Waals surface area contributed by atoms with Crippen LogP contribution in [0.15, 0.2) is 30.5 Å². The Bertz CT molecular complexity index is 686. The second kappa shape index (κ2) is 7.45. The van der Waals surface area contributed by atoms with Crippen molar-refractivity contribution in [3.63, 3.8) is 0 Å². The molecule has 0 fully saturated rings. The van der Waals surface area contributed by atoms with E-state index in [4.69, 9.17) is 9.84 Å². The van der Waals surface area contributed by atoms with E-state index in [0.29, 0.717) is 0 Å². The van der Waals surface area contributed by atoms with E-state index in [1.807, 2.05) is 0 Å². The average Bonchev–Trinajstić information content (AvgIpc) is 2.98. The fourth-order valence-electron chi connectivity index (χ4n) is 1.90. The summed E-state index contributed by atoms with van der Waals surface area (Å²) in [6.45, 7) is 0.0155. The zero-order valence-corrected chi connectivity index (χ0v) is 12.3. The van der Waals surface area contributed by atoms with Gasteiger partial charge in [-0.15, -0.1) is 5.10 Å². The topological polar surface area (TPSA) is 106 Å². The molecule has 122 valence electrons. The van der Waals surface area contributed by atoms with Crippen molar-refractivity contribution >= 4 is 11.9 Å². The van der Waals surface area contributed by atoms with Crippen LogP contribution in [0.4, 0.5) is 4.39 Å². The molecule has 0 spiro atoms. The third-order valence-electron chi connectivity index (χ3n) is 3.07. The van der Waals surface area contributed by atoms with Crippen LogP contribution in [0.1, 0.15) is 22.2 Å². The van der Waals surface area contributed by atoms with Gasteiger partial charge in [0.1, 0.15) is 12.4 Å². The minimum Gasteiger partial charge on any atom is -0.476 e. The first-order chi connectivity index (χ1) is 11.0. The van der Waals surface area contributed by atoms with Gasteiger partial charge in [-0.2, -0.15) is 0 Å². The zero-order valence-electron chi connectivity index (χ0n) is 12.3. The number of amides is 1. The molecule has 9 heteroatoms. The summed E-state index contributed by atoms with van der Waals surface area (Å²) in [4.78, 5) is 22.5. The highest BCUT2D eigenvalue weighted by atomic mass is 19.1. The van der Waals surface area contributed by atoms with Crippen molar-refractivity contribution in [2.45, 2.75) is 12.6 Å². The number of nitrogens with one attached hydrogen (secondary N) is 1. The van der Waals surface area contributed by atoms with Crippen LogP contribution in [0.3, 0.4) is 0 Å². The van der Waals surface area contributed by atoms with Gasteiger partial charge in [-0.05, 0) is 17.7 Å². The van der Waals surface area contributed by atoms with Crippen LogP contribution in [-0.4, -0.2) is 45.6 Å². The lowest BCUT2D eigenvalue weighted by Gasteiger charge is -2.16. The lowest BCUT2D eigenvalue weighted by atomic mass is 10.1. The average molecular weight is 322 g/mol. The van der Waals surface area contributed by atoms with Crippen LogP contribution in [0.2, 0.25) is 0 Å². The number of benzene rings is 1. The molecular formula is C14H15FN4O4. The summed E-state index contributed by atoms with van der Waals surface area (Å²) >= 11 is 0. The number of aromatic nitrogens is 3. The number of rotatable bonds is 7. The molecule has 0 saturated carbocycles. The Morgan fingerprint density at radius 3 is 2.65 bits per heavy atom. The van der Waals surface area contributed by atoms with E-state index in [-0.39, 0.29) is 30.5 Å². The number of nitrogens with zero attached hydrogens (tertiary/aromatic N) is 3. The summed E-state index contributed by atoms with van der Waals surface area (Å²) in [7, 11) is 1.48. The van der Waals surface area contributed by atoms with E-state index in [0.717, 1.165) is 16.4 Å². The van der Waals surface area contributed by atoms with Crippen molar-refractivity contribution in [2.24, 2.45) is 0 Å². The third kappa shape index (κ3) is 4.58. The van der Waals surface area contributed by atoms with Crippen molar-refractivity contribution in [1.82, 2.24) is 20.3 Å². The van der Waals surface area contributed by atoms with Crippen molar-refractivity contribution in [1.29, 1.82) is 0 Å². The molecule has 0 saturated heterocycles. The number of hydrogen-bond acceptors (Lipinski definition) is 5. The Kier molecular flexibility index (Phi) is 5.36. The van der Waals surface area contributed by atoms with Crippen LogP contribution < -0.4 is 5.32 Å². The summed E-state index contributed by atoms with van der Waals surface area (Å²) in [5, 5.41) is 18.3. The number of carbonyl (C=O) groups excluding carboxylic acids is 1. The van der Waals surface area contributed by atoms with E-state index < -0.39 is 12.1 Å². The first-order valence-electron chi connectivity index (χ1n) is 6.68. The number of methoxy groups -OCH3 is 1. The van der Waals surface area contributed by atoms with Gasteiger partial charge in [0, 0.05) is 13.7 Å². The fraction of sp³-hybridized carbons (Fsp3) is 0.286. The van der Waals surface area contributed by atoms with Crippen LogP contribution in [0.5, 0.6) is 0 Å². The molecule has 0 aliphatic carbocycles. The molecule has 1 aromatic carbocycles. The van der Waals surface area contributed by atoms with E-state index in [9.17, 15) is 14.0 Å². The number of hydrogen-bond donors (Lipinski definition) is 2. The summed E-state index contributed by atoms with van der Waals surface area (Å²) < 4.78 is 19.3. The highest BCUT2D eigenvalue weighted by Gasteiger charge is 2.14. The number of ether oxygens (including phenoxy) is 1. The van der Waals surface area contributed by atoms with Gasteiger partial charge in [0.15, 0.2) is 5.69 Å². The van der Waals surface area contributed by atoms with Crippen molar-refractivity contribution in [3.8, 4) is 0 Å². The molecular weight excluding hydrogens is 307 g/mol. The molecule has 1 aromatic heterocycles. The first-order valence-corrected chi connectivity index (χ1v) is 6.68. The van der Waals surface area contributed by atoms with Crippen LogP contribution in [0, 0.1) is 5.82 Å². The highest BCUT2D eigenvalue weighted by molar-refractivity contribution is 5.84. The highest BCUT2D eigenvalue weighted by Crippen LogP contribution is 2.16. The normalized spacial score (nSPS) is 11.9. The maximum absolute atomic E-state index is 12.9. The van der Waals surface area contributed by atoms with Crippen LogP contribution in [0.25, 0.3) is 0 Å². The molecule has 23 heavy (non-hydrogen) atoms. The molecule has 1 atom stereocenters. The summed E-state index contributed by atoms with van der Waals surface area (Å²) in [5.41, 5.74) is 0.488. The fourth-order valence-corrected chi connectivity index (χ4v) is 1.90. The first kappa shape index (κ1) is 16.6. The lowest BCUT2D eigenvalue weighted by molar-refractivity contribution is -0.122. The molecule has 0 bridgehead atoms. The molecule has 0 aliphatic rings. The quantitative estimate of drug-likeness (QED) is 0.774. The van der Waals surface area contributed by atoms with E-state index in [1.54, 1.807) is 12.1 Å². The van der Waals surface area contributed by atoms with Gasteiger partial charge in [0.25, 0.3) is 0 Å². The Hall–Kier alpha value is -2.81. The van der Waals surface area contributed by atoms with Gasteiger partial charge in [-0.3, -0.25) is 4.79 Å². The number of carboxylic acid groups (broad SMARTS) is 1. The molecule has 1 amide bonds. The summed E-state index contributed by atoms with van der Waals surface area (Å²) in [6, 6.07) is 5.77. The van der Waals surface area contributed by atoms with Crippen molar-refractivity contribution in [3.05, 3.63) is 47.5 Å². The summed E-state index contributed by atoms with van der Waals surface area (Å²) in [5.74, 6) is -1.95. The Morgan fingerprint density at radius 2 is 2.09 bits per heavy atom. The second-order valence-corrected chi connectivity index (χ2v) is 4.69. The summed E-state index contributed by atoms with van der Waals surface area (Å²) in [6.07, 6.45) is 0.736. The van der Waals surface area contributed by atoms with Gasteiger partial charge >= 0.3 is 5.97 Å². The van der Waals surface area contributed by atoms with E-state index in [1.165, 1.54) is 19.2 Å². The van der Waals surface area contributed by atoms with E-state index >= 15 is 0 Å². The second-order valence-electron chi connectivity index (χ2n) is 4.69. The molecule has 2 N–H and O–H groups in total. The van der Waals surface area contributed by atoms with Crippen molar-refractivity contribution in [2.75, 3.05) is 13.7 Å². The Morgan fingerprint density at radius 1 is 1.39 bits per heavy atom. The maximum Gasteiger partial charge on any atom is 0.358 e.